The van der Waals surface area contributed by atoms with E-state index < -0.39 is 0 Å². The van der Waals surface area contributed by atoms with Crippen molar-refractivity contribution >= 4 is 5.65 Å². The van der Waals surface area contributed by atoms with E-state index in [0.717, 1.165) is 17.8 Å². The molecular formula is C10H13N3. The summed E-state index contributed by atoms with van der Waals surface area (Å²) in [6.07, 6.45) is 4.90. The fourth-order valence-corrected chi connectivity index (χ4v) is 1.45. The van der Waals surface area contributed by atoms with Crippen molar-refractivity contribution in [3.63, 3.8) is 0 Å². The molecule has 0 aliphatic heterocycles. The molecule has 0 aromatic carbocycles. The first-order valence-corrected chi connectivity index (χ1v) is 4.50. The molecule has 0 aliphatic carbocycles. The summed E-state index contributed by atoms with van der Waals surface area (Å²) in [4.78, 5) is 4.28. The molecule has 13 heavy (non-hydrogen) atoms. The summed E-state index contributed by atoms with van der Waals surface area (Å²) in [5.74, 6) is 0. The number of fused-ring (bicyclic) bond motifs is 1. The van der Waals surface area contributed by atoms with Gasteiger partial charge < -0.3 is 10.1 Å². The monoisotopic (exact) mass is 175 g/mol. The lowest BCUT2D eigenvalue weighted by Gasteiger charge is -2.00. The third-order valence-corrected chi connectivity index (χ3v) is 2.27. The van der Waals surface area contributed by atoms with Gasteiger partial charge in [-0.05, 0) is 24.1 Å². The quantitative estimate of drug-likeness (QED) is 0.748. The van der Waals surface area contributed by atoms with Gasteiger partial charge in [0.25, 0.3) is 0 Å². The molecule has 2 aromatic heterocycles. The maximum absolute atomic E-state index is 5.57. The van der Waals surface area contributed by atoms with Crippen LogP contribution in [-0.4, -0.2) is 9.38 Å². The average Bonchev–Trinajstić information content (AvgIpc) is 2.59. The van der Waals surface area contributed by atoms with Crippen LogP contribution in [0.2, 0.25) is 0 Å². The highest BCUT2D eigenvalue weighted by Gasteiger charge is 2.00. The van der Waals surface area contributed by atoms with Crippen molar-refractivity contribution < 1.29 is 0 Å². The number of nitrogens with zero attached hydrogens (tertiary/aromatic N) is 2. The second kappa shape index (κ2) is 3.18. The Labute approximate surface area is 77.2 Å². The molecule has 2 N–H and O–H groups in total. The van der Waals surface area contributed by atoms with E-state index in [-0.39, 0.29) is 0 Å². The maximum Gasteiger partial charge on any atom is 0.137 e. The van der Waals surface area contributed by atoms with Crippen LogP contribution in [-0.2, 0) is 13.0 Å². The molecule has 2 rings (SSSR count). The third kappa shape index (κ3) is 1.31. The number of nitrogens with two attached hydrogens (primary N) is 1. The highest BCUT2D eigenvalue weighted by molar-refractivity contribution is 5.43. The third-order valence-electron chi connectivity index (χ3n) is 2.27. The molecule has 3 nitrogen and oxygen atoms in total. The van der Waals surface area contributed by atoms with Crippen LogP contribution >= 0.6 is 0 Å². The van der Waals surface area contributed by atoms with Gasteiger partial charge in [0, 0.05) is 12.7 Å². The molecule has 2 aromatic rings. The smallest absolute Gasteiger partial charge is 0.137 e. The summed E-state index contributed by atoms with van der Waals surface area (Å²) >= 11 is 0. The van der Waals surface area contributed by atoms with Crippen molar-refractivity contribution in [3.8, 4) is 0 Å². The molecule has 68 valence electrons. The van der Waals surface area contributed by atoms with Crippen LogP contribution in [0, 0.1) is 0 Å². The lowest BCUT2D eigenvalue weighted by atomic mass is 10.2. The van der Waals surface area contributed by atoms with Crippen molar-refractivity contribution in [3.05, 3.63) is 35.8 Å². The van der Waals surface area contributed by atoms with Crippen molar-refractivity contribution in [2.75, 3.05) is 0 Å². The van der Waals surface area contributed by atoms with Gasteiger partial charge in [-0.25, -0.2) is 4.98 Å². The largest absolute Gasteiger partial charge is 0.325 e. The minimum Gasteiger partial charge on any atom is -0.325 e. The van der Waals surface area contributed by atoms with E-state index in [1.165, 1.54) is 5.56 Å². The van der Waals surface area contributed by atoms with Crippen LogP contribution in [0.1, 0.15) is 18.2 Å². The van der Waals surface area contributed by atoms with Gasteiger partial charge in [-0.2, -0.15) is 0 Å². The van der Waals surface area contributed by atoms with Crippen molar-refractivity contribution in [2.45, 2.75) is 19.9 Å². The van der Waals surface area contributed by atoms with Gasteiger partial charge in [-0.1, -0.05) is 6.92 Å². The molecule has 3 heteroatoms. The first kappa shape index (κ1) is 8.26. The topological polar surface area (TPSA) is 43.3 Å². The second-order valence-corrected chi connectivity index (χ2v) is 3.07. The molecule has 0 unspecified atom stereocenters. The van der Waals surface area contributed by atoms with Gasteiger partial charge in [0.2, 0.25) is 0 Å². The Morgan fingerprint density at radius 1 is 1.54 bits per heavy atom. The van der Waals surface area contributed by atoms with Crippen LogP contribution in [0.3, 0.4) is 0 Å². The van der Waals surface area contributed by atoms with E-state index in [1.54, 1.807) is 0 Å². The van der Waals surface area contributed by atoms with Crippen LogP contribution in [0.5, 0.6) is 0 Å². The first-order valence-electron chi connectivity index (χ1n) is 4.50. The fourth-order valence-electron chi connectivity index (χ4n) is 1.45. The number of hydrogen-bond acceptors (Lipinski definition) is 2. The van der Waals surface area contributed by atoms with E-state index in [1.807, 2.05) is 16.8 Å². The SMILES string of the molecule is CCc1ccn2c(CN)cnc2c1. The number of imidazole rings is 1. The van der Waals surface area contributed by atoms with Crippen molar-refractivity contribution in [1.29, 1.82) is 0 Å². The normalized spacial score (nSPS) is 10.9. The molecule has 0 atom stereocenters. The van der Waals surface area contributed by atoms with Gasteiger partial charge >= 0.3 is 0 Å². The van der Waals surface area contributed by atoms with E-state index in [0.29, 0.717) is 6.54 Å². The van der Waals surface area contributed by atoms with E-state index in [9.17, 15) is 0 Å². The lowest BCUT2D eigenvalue weighted by Crippen LogP contribution is -2.00. The highest BCUT2D eigenvalue weighted by Crippen LogP contribution is 2.09. The zero-order valence-corrected chi connectivity index (χ0v) is 7.70. The van der Waals surface area contributed by atoms with E-state index in [2.05, 4.69) is 24.0 Å². The van der Waals surface area contributed by atoms with Gasteiger partial charge in [-0.3, -0.25) is 0 Å². The molecule has 0 radical (unpaired) electrons. The number of hydrogen-bond donors (Lipinski definition) is 1. The van der Waals surface area contributed by atoms with Crippen molar-refractivity contribution in [1.82, 2.24) is 9.38 Å². The minimum atomic E-state index is 0.534. The Morgan fingerprint density at radius 2 is 2.38 bits per heavy atom. The number of rotatable bonds is 2. The molecule has 0 bridgehead atoms. The lowest BCUT2D eigenvalue weighted by molar-refractivity contribution is 0.954. The molecule has 0 spiro atoms. The molecule has 2 heterocycles. The Hall–Kier alpha value is -1.35. The Bertz CT molecular complexity index is 417. The van der Waals surface area contributed by atoms with Gasteiger partial charge in [0.15, 0.2) is 0 Å². The zero-order valence-electron chi connectivity index (χ0n) is 7.70. The van der Waals surface area contributed by atoms with Gasteiger partial charge in [0.1, 0.15) is 5.65 Å². The number of aryl methyl sites for hydroxylation is 1. The standard InChI is InChI=1S/C10H13N3/c1-2-8-3-4-13-9(6-11)7-12-10(13)5-8/h3-5,7H,2,6,11H2,1H3. The molecule has 0 fully saturated rings. The second-order valence-electron chi connectivity index (χ2n) is 3.07. The summed E-state index contributed by atoms with van der Waals surface area (Å²) in [5.41, 5.74) is 8.92. The molecular weight excluding hydrogens is 162 g/mol. The summed E-state index contributed by atoms with van der Waals surface area (Å²) in [6.45, 7) is 2.67. The average molecular weight is 175 g/mol. The molecule has 0 amide bonds. The zero-order chi connectivity index (χ0) is 9.26. The van der Waals surface area contributed by atoms with Crippen LogP contribution in [0.15, 0.2) is 24.5 Å². The van der Waals surface area contributed by atoms with Crippen molar-refractivity contribution in [2.24, 2.45) is 5.73 Å². The van der Waals surface area contributed by atoms with Crippen LogP contribution < -0.4 is 5.73 Å². The number of pyridine rings is 1. The Kier molecular flexibility index (Phi) is 2.02. The van der Waals surface area contributed by atoms with E-state index >= 15 is 0 Å². The molecule has 0 saturated carbocycles. The summed E-state index contributed by atoms with van der Waals surface area (Å²) < 4.78 is 2.03. The predicted molar refractivity (Wildman–Crippen MR) is 52.5 cm³/mol. The van der Waals surface area contributed by atoms with E-state index in [4.69, 9.17) is 5.73 Å². The summed E-state index contributed by atoms with van der Waals surface area (Å²) in [6, 6.07) is 4.20. The maximum atomic E-state index is 5.57. The van der Waals surface area contributed by atoms with Crippen LogP contribution in [0.25, 0.3) is 5.65 Å². The minimum absolute atomic E-state index is 0.534. The Balaban J connectivity index is 2.61. The summed E-state index contributed by atoms with van der Waals surface area (Å²) in [5, 5.41) is 0. The first-order chi connectivity index (χ1) is 6.35. The molecule has 0 saturated heterocycles. The fraction of sp³-hybridized carbons (Fsp3) is 0.300. The summed E-state index contributed by atoms with van der Waals surface area (Å²) in [7, 11) is 0. The molecule has 0 aliphatic rings. The Morgan fingerprint density at radius 3 is 3.08 bits per heavy atom. The highest BCUT2D eigenvalue weighted by atomic mass is 15.0. The number of aromatic nitrogens is 2. The van der Waals surface area contributed by atoms with Gasteiger partial charge in [0.05, 0.1) is 11.9 Å². The predicted octanol–water partition coefficient (Wildman–Crippen LogP) is 1.36. The van der Waals surface area contributed by atoms with Gasteiger partial charge in [-0.15, -0.1) is 0 Å². The van der Waals surface area contributed by atoms with Crippen LogP contribution in [0.4, 0.5) is 0 Å².